The molecule has 2 heterocycles. The zero-order chi connectivity index (χ0) is 29.3. The smallest absolute Gasteiger partial charge is 0.338 e. The van der Waals surface area contributed by atoms with E-state index in [-0.39, 0.29) is 36.6 Å². The molecule has 0 radical (unpaired) electrons. The van der Waals surface area contributed by atoms with E-state index in [1.165, 1.54) is 58.7 Å². The molecule has 5 rings (SSSR count). The minimum Gasteiger partial charge on any atom is -0.465 e. The molecule has 41 heavy (non-hydrogen) atoms. The topological polar surface area (TPSA) is 98.9 Å². The second-order valence-corrected chi connectivity index (χ2v) is 10.6. The molecule has 10 heteroatoms. The molecule has 1 aliphatic carbocycles. The first-order valence-corrected chi connectivity index (χ1v) is 14.1. The fourth-order valence-corrected chi connectivity index (χ4v) is 6.47. The number of nitrogens with zero attached hydrogens (tertiary/aromatic N) is 1. The SMILES string of the molecule is CCOC(=O)C1=C(N)N(c2cccc(F)c2)C2=C(C(=O)[C@H](C(=O)OCC)[C@@H](c3cccs3)C2)[C@@H]1c1ccc(F)cc1. The number of esters is 2. The van der Waals surface area contributed by atoms with E-state index >= 15 is 0 Å². The van der Waals surface area contributed by atoms with E-state index in [1.54, 1.807) is 19.9 Å². The van der Waals surface area contributed by atoms with Crippen LogP contribution in [0.25, 0.3) is 0 Å². The number of hydrogen-bond acceptors (Lipinski definition) is 8. The molecule has 2 aromatic carbocycles. The maximum absolute atomic E-state index is 14.6. The summed E-state index contributed by atoms with van der Waals surface area (Å²) in [5.41, 5.74) is 7.91. The van der Waals surface area contributed by atoms with Crippen molar-refractivity contribution < 1.29 is 32.6 Å². The molecule has 0 fully saturated rings. The minimum atomic E-state index is -1.20. The normalized spacial score (nSPS) is 20.6. The lowest BCUT2D eigenvalue weighted by Crippen LogP contribution is -2.46. The molecule has 2 N–H and O–H groups in total. The summed E-state index contributed by atoms with van der Waals surface area (Å²) in [5, 5.41) is 1.85. The van der Waals surface area contributed by atoms with Crippen LogP contribution in [0.4, 0.5) is 14.5 Å². The number of ketones is 1. The van der Waals surface area contributed by atoms with E-state index in [0.717, 1.165) is 4.88 Å². The quantitative estimate of drug-likeness (QED) is 0.290. The van der Waals surface area contributed by atoms with Gasteiger partial charge in [-0.2, -0.15) is 0 Å². The molecule has 0 unspecified atom stereocenters. The lowest BCUT2D eigenvalue weighted by molar-refractivity contribution is -0.152. The number of allylic oxidation sites excluding steroid dienone is 2. The van der Waals surface area contributed by atoms with Gasteiger partial charge in [-0.15, -0.1) is 11.3 Å². The van der Waals surface area contributed by atoms with Crippen LogP contribution in [0.1, 0.15) is 42.5 Å². The number of halogens is 2. The number of carbonyl (C=O) groups is 3. The van der Waals surface area contributed by atoms with E-state index in [4.69, 9.17) is 15.2 Å². The Kier molecular flexibility index (Phi) is 8.03. The van der Waals surface area contributed by atoms with Crippen molar-refractivity contribution in [3.8, 4) is 0 Å². The Morgan fingerprint density at radius 2 is 1.73 bits per heavy atom. The van der Waals surface area contributed by atoms with Crippen molar-refractivity contribution in [1.82, 2.24) is 0 Å². The molecule has 3 atom stereocenters. The summed E-state index contributed by atoms with van der Waals surface area (Å²) >= 11 is 1.40. The van der Waals surface area contributed by atoms with Crippen molar-refractivity contribution in [3.05, 3.63) is 111 Å². The molecular weight excluding hydrogens is 550 g/mol. The monoisotopic (exact) mass is 578 g/mol. The van der Waals surface area contributed by atoms with Crippen LogP contribution in [0.2, 0.25) is 0 Å². The highest BCUT2D eigenvalue weighted by atomic mass is 32.1. The molecule has 3 aromatic rings. The summed E-state index contributed by atoms with van der Waals surface area (Å²) in [7, 11) is 0. The summed E-state index contributed by atoms with van der Waals surface area (Å²) in [6, 6.07) is 14.7. The molecule has 212 valence electrons. The fraction of sp³-hybridized carbons (Fsp3) is 0.258. The first-order valence-electron chi connectivity index (χ1n) is 13.2. The number of nitrogens with two attached hydrogens (primary N) is 1. The number of carbonyl (C=O) groups excluding carboxylic acids is 3. The van der Waals surface area contributed by atoms with Crippen molar-refractivity contribution in [2.45, 2.75) is 32.1 Å². The largest absolute Gasteiger partial charge is 0.465 e. The first kappa shape index (κ1) is 28.2. The second-order valence-electron chi connectivity index (χ2n) is 9.60. The lowest BCUT2D eigenvalue weighted by atomic mass is 9.68. The molecule has 0 saturated heterocycles. The van der Waals surface area contributed by atoms with Gasteiger partial charge < -0.3 is 15.2 Å². The lowest BCUT2D eigenvalue weighted by Gasteiger charge is -2.43. The predicted octanol–water partition coefficient (Wildman–Crippen LogP) is 5.55. The molecule has 0 spiro atoms. The van der Waals surface area contributed by atoms with E-state index in [2.05, 4.69) is 0 Å². The van der Waals surface area contributed by atoms with Gasteiger partial charge in [-0.25, -0.2) is 13.6 Å². The van der Waals surface area contributed by atoms with Gasteiger partial charge in [0.25, 0.3) is 0 Å². The Morgan fingerprint density at radius 3 is 2.37 bits per heavy atom. The number of anilines is 1. The molecule has 7 nitrogen and oxygen atoms in total. The number of rotatable bonds is 7. The predicted molar refractivity (Wildman–Crippen MR) is 150 cm³/mol. The number of ether oxygens (including phenoxy) is 2. The van der Waals surface area contributed by atoms with Crippen molar-refractivity contribution in [3.63, 3.8) is 0 Å². The molecule has 2 aliphatic rings. The summed E-state index contributed by atoms with van der Waals surface area (Å²) < 4.78 is 39.2. The van der Waals surface area contributed by atoms with Crippen LogP contribution in [0.3, 0.4) is 0 Å². The van der Waals surface area contributed by atoms with Crippen LogP contribution in [0.5, 0.6) is 0 Å². The Hall–Kier alpha value is -4.31. The van der Waals surface area contributed by atoms with Gasteiger partial charge in [-0.1, -0.05) is 24.3 Å². The summed E-state index contributed by atoms with van der Waals surface area (Å²) in [5.74, 6) is -5.98. The summed E-state index contributed by atoms with van der Waals surface area (Å²) in [6.45, 7) is 3.39. The third kappa shape index (κ3) is 5.15. The third-order valence-electron chi connectivity index (χ3n) is 7.25. The summed E-state index contributed by atoms with van der Waals surface area (Å²) in [4.78, 5) is 43.7. The third-order valence-corrected chi connectivity index (χ3v) is 8.26. The van der Waals surface area contributed by atoms with Crippen LogP contribution in [-0.4, -0.2) is 30.9 Å². The van der Waals surface area contributed by atoms with Crippen LogP contribution < -0.4 is 10.6 Å². The number of hydrogen-bond donors (Lipinski definition) is 1. The van der Waals surface area contributed by atoms with Crippen LogP contribution >= 0.6 is 11.3 Å². The standard InChI is InChI=1S/C31H28F2N2O5S/c1-3-39-30(37)25-21(23-9-6-14-41-23)16-22-26(28(25)36)24(17-10-12-18(32)13-11-17)27(31(38)40-4-2)29(34)35(22)20-8-5-7-19(33)15-20/h5-15,21,24-25H,3-4,16,34H2,1-2H3/t21-,24+,25-/m1/s1. The highest BCUT2D eigenvalue weighted by Gasteiger charge is 2.51. The van der Waals surface area contributed by atoms with Gasteiger partial charge in [0.1, 0.15) is 23.4 Å². The van der Waals surface area contributed by atoms with Crippen LogP contribution in [0.15, 0.2) is 88.7 Å². The molecule has 0 bridgehead atoms. The van der Waals surface area contributed by atoms with Crippen LogP contribution in [0, 0.1) is 17.6 Å². The van der Waals surface area contributed by atoms with Crippen molar-refractivity contribution >= 4 is 34.7 Å². The zero-order valence-corrected chi connectivity index (χ0v) is 23.3. The average molecular weight is 579 g/mol. The molecular formula is C31H28F2N2O5S. The maximum Gasteiger partial charge on any atom is 0.338 e. The van der Waals surface area contributed by atoms with Gasteiger partial charge >= 0.3 is 11.9 Å². The second kappa shape index (κ2) is 11.7. The average Bonchev–Trinajstić information content (AvgIpc) is 3.48. The van der Waals surface area contributed by atoms with Crippen LogP contribution in [-0.2, 0) is 23.9 Å². The van der Waals surface area contributed by atoms with Gasteiger partial charge in [-0.05, 0) is 67.6 Å². The fourth-order valence-electron chi connectivity index (χ4n) is 5.61. The van der Waals surface area contributed by atoms with Gasteiger partial charge in [0, 0.05) is 22.1 Å². The van der Waals surface area contributed by atoms with Crippen molar-refractivity contribution in [1.29, 1.82) is 0 Å². The van der Waals surface area contributed by atoms with Crippen molar-refractivity contribution in [2.75, 3.05) is 18.1 Å². The highest BCUT2D eigenvalue weighted by molar-refractivity contribution is 7.10. The van der Waals surface area contributed by atoms with Crippen molar-refractivity contribution in [2.24, 2.45) is 11.7 Å². The van der Waals surface area contributed by atoms with Gasteiger partial charge in [-0.3, -0.25) is 14.5 Å². The Balaban J connectivity index is 1.82. The molecule has 0 saturated carbocycles. The first-order chi connectivity index (χ1) is 19.8. The Bertz CT molecular complexity index is 1550. The zero-order valence-electron chi connectivity index (χ0n) is 22.4. The van der Waals surface area contributed by atoms with E-state index < -0.39 is 47.1 Å². The van der Waals surface area contributed by atoms with E-state index in [9.17, 15) is 23.2 Å². The van der Waals surface area contributed by atoms with Gasteiger partial charge in [0.15, 0.2) is 5.78 Å². The Labute approximate surface area is 239 Å². The Morgan fingerprint density at radius 1 is 1.00 bits per heavy atom. The molecule has 0 amide bonds. The minimum absolute atomic E-state index is 0.0253. The molecule has 1 aromatic heterocycles. The maximum atomic E-state index is 14.6. The number of Topliss-reactive ketones (excluding diaryl/α,β-unsaturated/α-hetero) is 1. The highest BCUT2D eigenvalue weighted by Crippen LogP contribution is 2.52. The van der Waals surface area contributed by atoms with Gasteiger partial charge in [0.2, 0.25) is 0 Å². The number of benzene rings is 2. The molecule has 1 aliphatic heterocycles. The summed E-state index contributed by atoms with van der Waals surface area (Å²) in [6.07, 6.45) is 0.163. The number of thiophene rings is 1. The van der Waals surface area contributed by atoms with E-state index in [0.29, 0.717) is 16.9 Å². The van der Waals surface area contributed by atoms with Gasteiger partial charge in [0.05, 0.1) is 30.4 Å². The van der Waals surface area contributed by atoms with E-state index in [1.807, 2.05) is 17.5 Å².